The number of rotatable bonds is 7. The van der Waals surface area contributed by atoms with E-state index in [2.05, 4.69) is 174 Å². The lowest BCUT2D eigenvalue weighted by Gasteiger charge is -2.27. The Bertz CT molecular complexity index is 2920. The summed E-state index contributed by atoms with van der Waals surface area (Å²) >= 11 is 1.87. The highest BCUT2D eigenvalue weighted by Gasteiger charge is 2.39. The first-order valence-electron chi connectivity index (χ1n) is 19.3. The van der Waals surface area contributed by atoms with E-state index in [0.29, 0.717) is 17.6 Å². The van der Waals surface area contributed by atoms with E-state index >= 15 is 0 Å². The Balaban J connectivity index is 1.02. The molecule has 270 valence electrons. The van der Waals surface area contributed by atoms with Gasteiger partial charge in [0.05, 0.1) is 6.04 Å². The molecule has 7 aromatic carbocycles. The number of thiophene rings is 1. The van der Waals surface area contributed by atoms with Gasteiger partial charge in [-0.1, -0.05) is 152 Å². The van der Waals surface area contributed by atoms with E-state index in [1.54, 1.807) is 0 Å². The van der Waals surface area contributed by atoms with Crippen molar-refractivity contribution < 1.29 is 0 Å². The molecule has 6 heteroatoms. The van der Waals surface area contributed by atoms with Crippen molar-refractivity contribution in [2.45, 2.75) is 12.0 Å². The van der Waals surface area contributed by atoms with E-state index in [1.807, 2.05) is 47.7 Å². The molecule has 0 fully saturated rings. The molecular formula is C51H35N5S. The molecule has 9 aromatic rings. The Labute approximate surface area is 335 Å². The quantitative estimate of drug-likeness (QED) is 0.162. The number of para-hydroxylation sites is 1. The van der Waals surface area contributed by atoms with Gasteiger partial charge in [-0.2, -0.15) is 9.97 Å². The monoisotopic (exact) mass is 749 g/mol. The van der Waals surface area contributed by atoms with Crippen molar-refractivity contribution in [1.82, 2.24) is 15.0 Å². The standard InChI is InChI=1S/C51H35N5S/c1-4-15-35(16-5-1)49-52-50(36-17-6-2-7-18-36)54-51(53-49)56-45-25-12-10-21-41(45)44-33-39(31-32-46(44)56)55(37-19-8-3-9-20-37)38-29-27-34(28-30-38)40-23-14-24-43-42-22-11-13-26-47(42)57-48(40)43/h1-33,41,45H. The van der Waals surface area contributed by atoms with Gasteiger partial charge in [-0.25, -0.2) is 4.98 Å². The van der Waals surface area contributed by atoms with Gasteiger partial charge in [-0.15, -0.1) is 11.3 Å². The smallest absolute Gasteiger partial charge is 0.234 e. The summed E-state index contributed by atoms with van der Waals surface area (Å²) in [5.74, 6) is 2.05. The fraction of sp³-hybridized carbons (Fsp3) is 0.0392. The van der Waals surface area contributed by atoms with Crippen molar-refractivity contribution in [1.29, 1.82) is 0 Å². The third-order valence-corrected chi connectivity index (χ3v) is 12.3. The predicted octanol–water partition coefficient (Wildman–Crippen LogP) is 13.4. The van der Waals surface area contributed by atoms with Gasteiger partial charge < -0.3 is 9.80 Å². The van der Waals surface area contributed by atoms with Crippen LogP contribution in [-0.4, -0.2) is 21.0 Å². The maximum Gasteiger partial charge on any atom is 0.234 e. The highest BCUT2D eigenvalue weighted by Crippen LogP contribution is 2.50. The minimum atomic E-state index is 0.0102. The lowest BCUT2D eigenvalue weighted by Crippen LogP contribution is -2.30. The molecule has 0 amide bonds. The summed E-state index contributed by atoms with van der Waals surface area (Å²) in [6.45, 7) is 0. The summed E-state index contributed by atoms with van der Waals surface area (Å²) in [5.41, 5.74) is 9.98. The minimum absolute atomic E-state index is 0.0102. The molecule has 2 aliphatic rings. The maximum atomic E-state index is 5.15. The van der Waals surface area contributed by atoms with Crippen LogP contribution in [0.5, 0.6) is 0 Å². The summed E-state index contributed by atoms with van der Waals surface area (Å²) in [5, 5.41) is 2.63. The Morgan fingerprint density at radius 2 is 1.11 bits per heavy atom. The van der Waals surface area contributed by atoms with Crippen LogP contribution in [0.4, 0.5) is 28.7 Å². The van der Waals surface area contributed by atoms with E-state index in [-0.39, 0.29) is 12.0 Å². The van der Waals surface area contributed by atoms with Crippen LogP contribution in [0.2, 0.25) is 0 Å². The van der Waals surface area contributed by atoms with Crippen molar-refractivity contribution in [2.75, 3.05) is 9.80 Å². The molecule has 2 aromatic heterocycles. The lowest BCUT2D eigenvalue weighted by atomic mass is 9.91. The second-order valence-electron chi connectivity index (χ2n) is 14.4. The number of hydrogen-bond donors (Lipinski definition) is 0. The van der Waals surface area contributed by atoms with Crippen LogP contribution in [0.1, 0.15) is 11.5 Å². The zero-order chi connectivity index (χ0) is 37.7. The second kappa shape index (κ2) is 13.9. The second-order valence-corrected chi connectivity index (χ2v) is 15.5. The molecule has 0 spiro atoms. The molecule has 2 unspecified atom stereocenters. The average molecular weight is 750 g/mol. The van der Waals surface area contributed by atoms with Gasteiger partial charge in [0.15, 0.2) is 11.6 Å². The SMILES string of the molecule is C1=CC2c3cc(N(c4ccccc4)c4ccc(-c5cccc6c5sc5ccccc56)cc4)ccc3N(c3nc(-c4ccccc4)nc(-c4ccccc4)n3)C2C=C1. The number of aromatic nitrogens is 3. The summed E-state index contributed by atoms with van der Waals surface area (Å²) < 4.78 is 2.64. The highest BCUT2D eigenvalue weighted by atomic mass is 32.1. The molecule has 3 heterocycles. The third-order valence-electron chi connectivity index (χ3n) is 11.1. The van der Waals surface area contributed by atoms with Crippen LogP contribution in [0.15, 0.2) is 200 Å². The Morgan fingerprint density at radius 1 is 0.491 bits per heavy atom. The predicted molar refractivity (Wildman–Crippen MR) is 237 cm³/mol. The molecule has 11 rings (SSSR count). The number of hydrogen-bond acceptors (Lipinski definition) is 6. The molecule has 2 atom stereocenters. The summed E-state index contributed by atoms with van der Waals surface area (Å²) in [6, 6.07) is 62.2. The Kier molecular flexibility index (Phi) is 8.07. The molecule has 0 saturated heterocycles. The highest BCUT2D eigenvalue weighted by molar-refractivity contribution is 7.26. The largest absolute Gasteiger partial charge is 0.310 e. The first kappa shape index (κ1) is 33.2. The van der Waals surface area contributed by atoms with E-state index in [9.17, 15) is 0 Å². The maximum absolute atomic E-state index is 5.15. The van der Waals surface area contributed by atoms with Crippen molar-refractivity contribution >= 4 is 60.2 Å². The minimum Gasteiger partial charge on any atom is -0.310 e. The molecule has 0 N–H and O–H groups in total. The average Bonchev–Trinajstić information content (AvgIpc) is 3.83. The number of benzene rings is 7. The van der Waals surface area contributed by atoms with E-state index in [0.717, 1.165) is 33.9 Å². The first-order chi connectivity index (χ1) is 28.3. The third kappa shape index (κ3) is 5.81. The van der Waals surface area contributed by atoms with Gasteiger partial charge in [0, 0.05) is 60.0 Å². The molecule has 0 saturated carbocycles. The molecule has 0 bridgehead atoms. The van der Waals surface area contributed by atoms with Crippen molar-refractivity contribution in [3.8, 4) is 33.9 Å². The zero-order valence-electron chi connectivity index (χ0n) is 30.9. The van der Waals surface area contributed by atoms with Crippen molar-refractivity contribution in [2.24, 2.45) is 0 Å². The molecule has 1 aliphatic carbocycles. The number of fused-ring (bicyclic) bond motifs is 6. The van der Waals surface area contributed by atoms with Crippen LogP contribution in [0.25, 0.3) is 54.1 Å². The Hall–Kier alpha value is -7.15. The summed E-state index contributed by atoms with van der Waals surface area (Å²) in [7, 11) is 0. The van der Waals surface area contributed by atoms with Gasteiger partial charge in [-0.05, 0) is 65.2 Å². The molecule has 0 radical (unpaired) electrons. The fourth-order valence-electron chi connectivity index (χ4n) is 8.39. The zero-order valence-corrected chi connectivity index (χ0v) is 31.7. The van der Waals surface area contributed by atoms with E-state index in [4.69, 9.17) is 15.0 Å². The van der Waals surface area contributed by atoms with Gasteiger partial charge in [-0.3, -0.25) is 0 Å². The number of anilines is 5. The van der Waals surface area contributed by atoms with Crippen LogP contribution in [-0.2, 0) is 0 Å². The van der Waals surface area contributed by atoms with Crippen LogP contribution in [0.3, 0.4) is 0 Å². The molecule has 5 nitrogen and oxygen atoms in total. The van der Waals surface area contributed by atoms with E-state index in [1.165, 1.54) is 36.9 Å². The summed E-state index contributed by atoms with van der Waals surface area (Å²) in [4.78, 5) is 19.9. The molecule has 1 aliphatic heterocycles. The first-order valence-corrected chi connectivity index (χ1v) is 20.1. The molecule has 57 heavy (non-hydrogen) atoms. The van der Waals surface area contributed by atoms with Gasteiger partial charge in [0.2, 0.25) is 5.95 Å². The van der Waals surface area contributed by atoms with E-state index < -0.39 is 0 Å². The number of allylic oxidation sites excluding steroid dienone is 2. The van der Waals surface area contributed by atoms with Crippen LogP contribution < -0.4 is 9.80 Å². The van der Waals surface area contributed by atoms with Crippen molar-refractivity contribution in [3.05, 3.63) is 206 Å². The summed E-state index contributed by atoms with van der Waals surface area (Å²) in [6.07, 6.45) is 8.86. The molecular weight excluding hydrogens is 715 g/mol. The van der Waals surface area contributed by atoms with Gasteiger partial charge in [0.1, 0.15) is 0 Å². The lowest BCUT2D eigenvalue weighted by molar-refractivity contribution is 0.728. The van der Waals surface area contributed by atoms with Crippen molar-refractivity contribution in [3.63, 3.8) is 0 Å². The topological polar surface area (TPSA) is 45.2 Å². The Morgan fingerprint density at radius 3 is 1.84 bits per heavy atom. The van der Waals surface area contributed by atoms with Crippen LogP contribution in [0, 0.1) is 0 Å². The van der Waals surface area contributed by atoms with Crippen LogP contribution >= 0.6 is 11.3 Å². The van der Waals surface area contributed by atoms with Gasteiger partial charge >= 0.3 is 0 Å². The fourth-order valence-corrected chi connectivity index (χ4v) is 9.63. The van der Waals surface area contributed by atoms with Gasteiger partial charge in [0.25, 0.3) is 0 Å². The number of nitrogens with zero attached hydrogens (tertiary/aromatic N) is 5. The normalized spacial score (nSPS) is 15.5.